The summed E-state index contributed by atoms with van der Waals surface area (Å²) in [6.07, 6.45) is 1.79. The molecule has 0 bridgehead atoms. The second-order valence-electron chi connectivity index (χ2n) is 7.88. The van der Waals surface area contributed by atoms with Crippen LogP contribution in [0, 0.1) is 18.3 Å². The Morgan fingerprint density at radius 3 is 2.58 bits per heavy atom. The molecular formula is C25H21N5O. The average Bonchev–Trinajstić information content (AvgIpc) is 3.13. The van der Waals surface area contributed by atoms with Crippen LogP contribution in [0.2, 0.25) is 0 Å². The van der Waals surface area contributed by atoms with Crippen LogP contribution in [0.15, 0.2) is 65.3 Å². The van der Waals surface area contributed by atoms with Crippen LogP contribution in [0.1, 0.15) is 29.9 Å². The van der Waals surface area contributed by atoms with Crippen LogP contribution in [-0.2, 0) is 0 Å². The van der Waals surface area contributed by atoms with Gasteiger partial charge >= 0.3 is 0 Å². The van der Waals surface area contributed by atoms with E-state index < -0.39 is 0 Å². The van der Waals surface area contributed by atoms with E-state index in [0.717, 1.165) is 51.6 Å². The Bertz CT molecular complexity index is 1300. The second kappa shape index (κ2) is 7.29. The Labute approximate surface area is 180 Å². The van der Waals surface area contributed by atoms with Crippen LogP contribution in [-0.4, -0.2) is 16.7 Å². The molecule has 0 radical (unpaired) electrons. The number of nitriles is 1. The van der Waals surface area contributed by atoms with E-state index in [0.29, 0.717) is 11.4 Å². The Balaban J connectivity index is 1.72. The van der Waals surface area contributed by atoms with E-state index in [4.69, 9.17) is 10.3 Å². The Morgan fingerprint density at radius 2 is 1.87 bits per heavy atom. The molecule has 0 fully saturated rings. The van der Waals surface area contributed by atoms with Gasteiger partial charge in [0.05, 0.1) is 17.3 Å². The van der Waals surface area contributed by atoms with Crippen LogP contribution in [0.5, 0.6) is 0 Å². The number of rotatable bonds is 2. The molecule has 6 heteroatoms. The minimum atomic E-state index is 0.140. The van der Waals surface area contributed by atoms with Crippen molar-refractivity contribution in [2.75, 3.05) is 17.2 Å². The molecule has 1 atom stereocenters. The van der Waals surface area contributed by atoms with Crippen molar-refractivity contribution in [1.29, 1.82) is 5.26 Å². The van der Waals surface area contributed by atoms with Gasteiger partial charge in [-0.3, -0.25) is 0 Å². The van der Waals surface area contributed by atoms with Gasteiger partial charge in [0.15, 0.2) is 0 Å². The van der Waals surface area contributed by atoms with E-state index in [1.54, 1.807) is 6.20 Å². The van der Waals surface area contributed by atoms with Gasteiger partial charge in [0.25, 0.3) is 0 Å². The van der Waals surface area contributed by atoms with E-state index in [2.05, 4.69) is 46.2 Å². The third-order valence-corrected chi connectivity index (χ3v) is 5.78. The summed E-state index contributed by atoms with van der Waals surface area (Å²) in [6.45, 7) is 4.86. The number of aryl methyl sites for hydroxylation is 1. The van der Waals surface area contributed by atoms with Crippen molar-refractivity contribution in [1.82, 2.24) is 10.1 Å². The highest BCUT2D eigenvalue weighted by Crippen LogP contribution is 2.46. The summed E-state index contributed by atoms with van der Waals surface area (Å²) >= 11 is 0. The Hall–Kier alpha value is -4.11. The number of benzene rings is 2. The van der Waals surface area contributed by atoms with Crippen LogP contribution >= 0.6 is 0 Å². The third-order valence-electron chi connectivity index (χ3n) is 5.78. The van der Waals surface area contributed by atoms with Gasteiger partial charge < -0.3 is 15.2 Å². The lowest BCUT2D eigenvalue weighted by Crippen LogP contribution is -2.21. The summed E-state index contributed by atoms with van der Waals surface area (Å²) < 4.78 is 5.74. The number of anilines is 3. The maximum absolute atomic E-state index is 9.19. The molecule has 0 saturated heterocycles. The normalized spacial score (nSPS) is 15.0. The van der Waals surface area contributed by atoms with Crippen molar-refractivity contribution in [3.63, 3.8) is 0 Å². The van der Waals surface area contributed by atoms with Gasteiger partial charge in [0.2, 0.25) is 0 Å². The molecular weight excluding hydrogens is 386 g/mol. The first-order valence-electron chi connectivity index (χ1n) is 10.2. The van der Waals surface area contributed by atoms with Gasteiger partial charge in [0, 0.05) is 46.7 Å². The molecule has 1 aliphatic rings. The molecule has 3 heterocycles. The van der Waals surface area contributed by atoms with Crippen LogP contribution in [0.25, 0.3) is 22.3 Å². The Kier molecular flexibility index (Phi) is 4.45. The number of pyridine rings is 1. The van der Waals surface area contributed by atoms with E-state index >= 15 is 0 Å². The molecule has 2 aromatic heterocycles. The van der Waals surface area contributed by atoms with Crippen molar-refractivity contribution in [2.24, 2.45) is 0 Å². The first-order valence-corrected chi connectivity index (χ1v) is 10.2. The average molecular weight is 407 g/mol. The number of nitrogens with zero attached hydrogens (tertiary/aromatic N) is 4. The van der Waals surface area contributed by atoms with E-state index in [1.165, 1.54) is 0 Å². The van der Waals surface area contributed by atoms with Crippen LogP contribution < -0.4 is 10.6 Å². The largest absolute Gasteiger partial charge is 0.384 e. The van der Waals surface area contributed by atoms with Gasteiger partial charge in [-0.25, -0.2) is 4.98 Å². The van der Waals surface area contributed by atoms with E-state index in [9.17, 15) is 5.26 Å². The van der Waals surface area contributed by atoms with Crippen molar-refractivity contribution in [3.8, 4) is 28.3 Å². The highest BCUT2D eigenvalue weighted by molar-refractivity contribution is 5.89. The third kappa shape index (κ3) is 3.21. The van der Waals surface area contributed by atoms with Gasteiger partial charge in [-0.05, 0) is 55.0 Å². The first kappa shape index (κ1) is 18.9. The van der Waals surface area contributed by atoms with Crippen molar-refractivity contribution in [3.05, 3.63) is 77.8 Å². The van der Waals surface area contributed by atoms with Crippen molar-refractivity contribution >= 4 is 17.2 Å². The molecule has 4 aromatic rings. The minimum Gasteiger partial charge on any atom is -0.384 e. The fourth-order valence-electron chi connectivity index (χ4n) is 4.19. The zero-order valence-corrected chi connectivity index (χ0v) is 17.3. The van der Waals surface area contributed by atoms with Crippen LogP contribution in [0.3, 0.4) is 0 Å². The van der Waals surface area contributed by atoms with Crippen molar-refractivity contribution < 1.29 is 4.52 Å². The van der Waals surface area contributed by atoms with Crippen molar-refractivity contribution in [2.45, 2.75) is 19.8 Å². The first-order chi connectivity index (χ1) is 15.0. The molecule has 2 aromatic carbocycles. The summed E-state index contributed by atoms with van der Waals surface area (Å²) in [5.41, 5.74) is 13.6. The molecule has 0 saturated carbocycles. The number of nitrogens with two attached hydrogens (primary N) is 1. The summed E-state index contributed by atoms with van der Waals surface area (Å²) in [6, 6.07) is 20.1. The van der Waals surface area contributed by atoms with E-state index in [1.807, 2.05) is 43.3 Å². The molecule has 0 aliphatic carbocycles. The Morgan fingerprint density at radius 1 is 1.10 bits per heavy atom. The molecule has 0 spiro atoms. The molecule has 2 N–H and O–H groups in total. The zero-order valence-electron chi connectivity index (χ0n) is 17.3. The summed E-state index contributed by atoms with van der Waals surface area (Å²) in [5, 5.41) is 13.4. The fourth-order valence-corrected chi connectivity index (χ4v) is 4.19. The maximum atomic E-state index is 9.19. The number of aromatic nitrogens is 2. The predicted molar refractivity (Wildman–Crippen MR) is 121 cm³/mol. The number of hydrogen-bond acceptors (Lipinski definition) is 6. The van der Waals surface area contributed by atoms with Gasteiger partial charge in [-0.2, -0.15) is 5.26 Å². The minimum absolute atomic E-state index is 0.140. The van der Waals surface area contributed by atoms with E-state index in [-0.39, 0.29) is 5.92 Å². The highest BCUT2D eigenvalue weighted by Gasteiger charge is 2.30. The summed E-state index contributed by atoms with van der Waals surface area (Å²) in [4.78, 5) is 6.53. The van der Waals surface area contributed by atoms with Gasteiger partial charge in [0.1, 0.15) is 11.6 Å². The van der Waals surface area contributed by atoms with Crippen LogP contribution in [0.4, 0.5) is 17.2 Å². The monoisotopic (exact) mass is 407 g/mol. The van der Waals surface area contributed by atoms with Gasteiger partial charge in [-0.15, -0.1) is 0 Å². The van der Waals surface area contributed by atoms with Gasteiger partial charge in [-0.1, -0.05) is 24.2 Å². The number of nitrogen functional groups attached to an aromatic ring is 1. The smallest absolute Gasteiger partial charge is 0.149 e. The molecule has 5 rings (SSSR count). The molecule has 6 nitrogen and oxygen atoms in total. The molecule has 1 unspecified atom stereocenters. The molecule has 152 valence electrons. The standard InChI is InChI=1S/C25H21N5O/c1-15-14-30(20-7-3-17(12-26)4-8-20)22-11-18(19-6-10-23(27)28-13-19)5-9-21(22)24-16(2)29-31-25(15)24/h3-11,13,15H,14H2,1-2H3,(H2,27,28). The maximum Gasteiger partial charge on any atom is 0.149 e. The topological polar surface area (TPSA) is 92.0 Å². The molecule has 1 aliphatic heterocycles. The predicted octanol–water partition coefficient (Wildman–Crippen LogP) is 5.42. The fraction of sp³-hybridized carbons (Fsp3) is 0.160. The lowest BCUT2D eigenvalue weighted by atomic mass is 9.96. The number of hydrogen-bond donors (Lipinski definition) is 1. The second-order valence-corrected chi connectivity index (χ2v) is 7.88. The molecule has 31 heavy (non-hydrogen) atoms. The SMILES string of the molecule is Cc1noc2c1-c1ccc(-c3ccc(N)nc3)cc1N(c1ccc(C#N)cc1)CC2C. The lowest BCUT2D eigenvalue weighted by molar-refractivity contribution is 0.364. The highest BCUT2D eigenvalue weighted by atomic mass is 16.5. The molecule has 0 amide bonds. The lowest BCUT2D eigenvalue weighted by Gasteiger charge is -2.27. The summed E-state index contributed by atoms with van der Waals surface area (Å²) in [7, 11) is 0. The summed E-state index contributed by atoms with van der Waals surface area (Å²) in [5.74, 6) is 1.54. The number of fused-ring (bicyclic) bond motifs is 3. The zero-order chi connectivity index (χ0) is 21.5. The quantitative estimate of drug-likeness (QED) is 0.477.